The summed E-state index contributed by atoms with van der Waals surface area (Å²) in [5.74, 6) is -1.09. The summed E-state index contributed by atoms with van der Waals surface area (Å²) in [7, 11) is 0. The fourth-order valence-corrected chi connectivity index (χ4v) is 1.88. The Hall–Kier alpha value is -1.56. The fraction of sp³-hybridized carbons (Fsp3) is 0.273. The van der Waals surface area contributed by atoms with Crippen molar-refractivity contribution in [1.82, 2.24) is 0 Å². The Kier molecular flexibility index (Phi) is 3.33. The van der Waals surface area contributed by atoms with E-state index in [-0.39, 0.29) is 6.61 Å². The number of esters is 2. The molecule has 2 rings (SSSR count). The zero-order valence-corrected chi connectivity index (χ0v) is 10.4. The molecule has 1 heterocycles. The van der Waals surface area contributed by atoms with Gasteiger partial charge in [0.25, 0.3) is 0 Å². The summed E-state index contributed by atoms with van der Waals surface area (Å²) >= 11 is 3.22. The van der Waals surface area contributed by atoms with Crippen molar-refractivity contribution in [1.29, 1.82) is 0 Å². The number of halogens is 1. The normalized spacial score (nSPS) is 18.9. The first-order valence-electron chi connectivity index (χ1n) is 5.00. The van der Waals surface area contributed by atoms with Crippen molar-refractivity contribution in [2.24, 2.45) is 0 Å². The summed E-state index contributed by atoms with van der Waals surface area (Å²) in [5.41, 5.74) is 6.33. The highest BCUT2D eigenvalue weighted by Gasteiger charge is 2.30. The molecule has 1 aromatic rings. The second-order valence-electron chi connectivity index (χ2n) is 3.59. The van der Waals surface area contributed by atoms with Gasteiger partial charge in [-0.15, -0.1) is 0 Å². The summed E-state index contributed by atoms with van der Waals surface area (Å²) in [6.07, 6.45) is -0.416. The first kappa shape index (κ1) is 11.9. The van der Waals surface area contributed by atoms with Crippen LogP contribution in [0.5, 0.6) is 0 Å². The van der Waals surface area contributed by atoms with Gasteiger partial charge >= 0.3 is 11.9 Å². The standard InChI is InChI=1S/C11H10BrNO4/c12-8-2-1-6(13)5-7(8)10(14)17-9-3-4-16-11(9)15/h1-2,5,9H,3-4,13H2. The van der Waals surface area contributed by atoms with E-state index in [1.807, 2.05) is 0 Å². The van der Waals surface area contributed by atoms with Gasteiger partial charge in [0.05, 0.1) is 12.2 Å². The number of carbonyl (C=O) groups is 2. The number of anilines is 1. The third-order valence-corrected chi connectivity index (χ3v) is 3.04. The Morgan fingerprint density at radius 3 is 2.94 bits per heavy atom. The minimum atomic E-state index is -0.809. The maximum absolute atomic E-state index is 11.8. The van der Waals surface area contributed by atoms with Crippen LogP contribution in [-0.2, 0) is 14.3 Å². The summed E-state index contributed by atoms with van der Waals surface area (Å²) in [4.78, 5) is 23.0. The Morgan fingerprint density at radius 2 is 2.29 bits per heavy atom. The molecular weight excluding hydrogens is 290 g/mol. The first-order chi connectivity index (χ1) is 8.08. The number of nitrogen functional groups attached to an aromatic ring is 1. The van der Waals surface area contributed by atoms with Crippen LogP contribution in [0.25, 0.3) is 0 Å². The molecule has 1 unspecified atom stereocenters. The monoisotopic (exact) mass is 299 g/mol. The second-order valence-corrected chi connectivity index (χ2v) is 4.44. The van der Waals surface area contributed by atoms with Gasteiger partial charge in [-0.1, -0.05) is 0 Å². The first-order valence-corrected chi connectivity index (χ1v) is 5.80. The molecule has 0 radical (unpaired) electrons. The number of ether oxygens (including phenoxy) is 2. The van der Waals surface area contributed by atoms with Crippen LogP contribution >= 0.6 is 15.9 Å². The van der Waals surface area contributed by atoms with Gasteiger partial charge in [-0.2, -0.15) is 0 Å². The highest BCUT2D eigenvalue weighted by atomic mass is 79.9. The van der Waals surface area contributed by atoms with E-state index < -0.39 is 18.0 Å². The topological polar surface area (TPSA) is 78.6 Å². The van der Waals surface area contributed by atoms with Gasteiger partial charge in [-0.3, -0.25) is 0 Å². The molecule has 5 nitrogen and oxygen atoms in total. The van der Waals surface area contributed by atoms with Crippen LogP contribution in [0, 0.1) is 0 Å². The quantitative estimate of drug-likeness (QED) is 0.661. The van der Waals surface area contributed by atoms with Crippen molar-refractivity contribution < 1.29 is 19.1 Å². The van der Waals surface area contributed by atoms with Gasteiger partial charge in [0.2, 0.25) is 6.10 Å². The largest absolute Gasteiger partial charge is 0.463 e. The molecule has 1 atom stereocenters. The van der Waals surface area contributed by atoms with E-state index in [4.69, 9.17) is 15.2 Å². The lowest BCUT2D eigenvalue weighted by molar-refractivity contribution is -0.145. The third-order valence-electron chi connectivity index (χ3n) is 2.35. The molecule has 0 aliphatic carbocycles. The van der Waals surface area contributed by atoms with Crippen LogP contribution in [-0.4, -0.2) is 24.6 Å². The number of cyclic esters (lactones) is 1. The van der Waals surface area contributed by atoms with Gasteiger partial charge in [-0.25, -0.2) is 9.59 Å². The summed E-state index contributed by atoms with van der Waals surface area (Å²) in [6.45, 7) is 0.287. The van der Waals surface area contributed by atoms with Crippen LogP contribution in [0.1, 0.15) is 16.8 Å². The van der Waals surface area contributed by atoms with E-state index >= 15 is 0 Å². The Balaban J connectivity index is 2.14. The Labute approximate surface area is 106 Å². The maximum Gasteiger partial charge on any atom is 0.347 e. The molecule has 1 aromatic carbocycles. The maximum atomic E-state index is 11.8. The molecule has 0 bridgehead atoms. The zero-order chi connectivity index (χ0) is 12.4. The summed E-state index contributed by atoms with van der Waals surface area (Å²) < 4.78 is 10.3. The van der Waals surface area contributed by atoms with Gasteiger partial charge in [0, 0.05) is 16.6 Å². The van der Waals surface area contributed by atoms with E-state index in [2.05, 4.69) is 15.9 Å². The number of rotatable bonds is 2. The lowest BCUT2D eigenvalue weighted by atomic mass is 10.2. The minimum absolute atomic E-state index is 0.287. The average molecular weight is 300 g/mol. The Bertz CT molecular complexity index is 475. The van der Waals surface area contributed by atoms with E-state index in [1.165, 1.54) is 6.07 Å². The summed E-state index contributed by atoms with van der Waals surface area (Å²) in [5, 5.41) is 0. The lowest BCUT2D eigenvalue weighted by Crippen LogP contribution is -2.22. The predicted octanol–water partition coefficient (Wildman–Crippen LogP) is 1.50. The van der Waals surface area contributed by atoms with Crippen molar-refractivity contribution in [3.63, 3.8) is 0 Å². The highest BCUT2D eigenvalue weighted by Crippen LogP contribution is 2.22. The van der Waals surface area contributed by atoms with Crippen LogP contribution in [0.4, 0.5) is 5.69 Å². The van der Waals surface area contributed by atoms with Crippen LogP contribution < -0.4 is 5.73 Å². The van der Waals surface area contributed by atoms with Gasteiger partial charge in [0.1, 0.15) is 0 Å². The van der Waals surface area contributed by atoms with Gasteiger partial charge < -0.3 is 15.2 Å². The van der Waals surface area contributed by atoms with Crippen LogP contribution in [0.3, 0.4) is 0 Å². The van der Waals surface area contributed by atoms with Crippen molar-refractivity contribution in [3.05, 3.63) is 28.2 Å². The number of benzene rings is 1. The van der Waals surface area contributed by atoms with E-state index in [9.17, 15) is 9.59 Å². The molecule has 0 aromatic heterocycles. The van der Waals surface area contributed by atoms with Crippen molar-refractivity contribution in [3.8, 4) is 0 Å². The highest BCUT2D eigenvalue weighted by molar-refractivity contribution is 9.10. The molecule has 2 N–H and O–H groups in total. The zero-order valence-electron chi connectivity index (χ0n) is 8.81. The minimum Gasteiger partial charge on any atom is -0.463 e. The molecule has 0 saturated carbocycles. The molecule has 0 amide bonds. The molecule has 17 heavy (non-hydrogen) atoms. The van der Waals surface area contributed by atoms with Crippen LogP contribution in [0.15, 0.2) is 22.7 Å². The number of nitrogens with two attached hydrogens (primary N) is 1. The number of carbonyl (C=O) groups excluding carboxylic acids is 2. The van der Waals surface area contributed by atoms with E-state index in [1.54, 1.807) is 12.1 Å². The molecular formula is C11H10BrNO4. The third kappa shape index (κ3) is 2.58. The molecule has 1 aliphatic heterocycles. The molecule has 90 valence electrons. The molecule has 1 aliphatic rings. The lowest BCUT2D eigenvalue weighted by Gasteiger charge is -2.09. The van der Waals surface area contributed by atoms with E-state index in [0.717, 1.165) is 0 Å². The molecule has 6 heteroatoms. The Morgan fingerprint density at radius 1 is 1.53 bits per heavy atom. The average Bonchev–Trinajstić information content (AvgIpc) is 2.68. The SMILES string of the molecule is Nc1ccc(Br)c(C(=O)OC2CCOC2=O)c1. The molecule has 1 fully saturated rings. The molecule has 0 spiro atoms. The van der Waals surface area contributed by atoms with Gasteiger partial charge in [-0.05, 0) is 34.1 Å². The number of hydrogen-bond donors (Lipinski definition) is 1. The smallest absolute Gasteiger partial charge is 0.347 e. The van der Waals surface area contributed by atoms with Crippen LogP contribution in [0.2, 0.25) is 0 Å². The predicted molar refractivity (Wildman–Crippen MR) is 63.3 cm³/mol. The van der Waals surface area contributed by atoms with Crippen molar-refractivity contribution in [2.75, 3.05) is 12.3 Å². The summed E-state index contributed by atoms with van der Waals surface area (Å²) in [6, 6.07) is 4.80. The van der Waals surface area contributed by atoms with Crippen molar-refractivity contribution in [2.45, 2.75) is 12.5 Å². The van der Waals surface area contributed by atoms with Crippen molar-refractivity contribution >= 4 is 33.6 Å². The van der Waals surface area contributed by atoms with E-state index in [0.29, 0.717) is 22.1 Å². The molecule has 1 saturated heterocycles. The fourth-order valence-electron chi connectivity index (χ4n) is 1.48. The number of hydrogen-bond acceptors (Lipinski definition) is 5. The van der Waals surface area contributed by atoms with Gasteiger partial charge in [0.15, 0.2) is 0 Å². The second kappa shape index (κ2) is 4.75.